The van der Waals surface area contributed by atoms with Crippen LogP contribution in [0.1, 0.15) is 34.1 Å². The van der Waals surface area contributed by atoms with Crippen LogP contribution in [0.2, 0.25) is 0 Å². The van der Waals surface area contributed by atoms with Crippen LogP contribution in [0.4, 0.5) is 0 Å². The Balaban J connectivity index is 1.66. The van der Waals surface area contributed by atoms with Crippen LogP contribution >= 0.6 is 0 Å². The number of ether oxygens (including phenoxy) is 8. The quantitative estimate of drug-likeness (QED) is 0.612. The fourth-order valence-electron chi connectivity index (χ4n) is 4.29. The molecule has 0 aliphatic carbocycles. The molecule has 3 rings (SSSR count). The van der Waals surface area contributed by atoms with Gasteiger partial charge < -0.3 is 43.0 Å². The van der Waals surface area contributed by atoms with Gasteiger partial charge in [-0.1, -0.05) is 0 Å². The summed E-state index contributed by atoms with van der Waals surface area (Å²) in [7, 11) is 0. The van der Waals surface area contributed by atoms with Crippen LogP contribution in [0.5, 0.6) is 0 Å². The summed E-state index contributed by atoms with van der Waals surface area (Å²) in [6.07, 6.45) is -0.700. The third-order valence-corrected chi connectivity index (χ3v) is 5.93. The lowest BCUT2D eigenvalue weighted by atomic mass is 10.0. The van der Waals surface area contributed by atoms with Crippen molar-refractivity contribution in [1.29, 1.82) is 0 Å². The van der Waals surface area contributed by atoms with Crippen LogP contribution in [0.15, 0.2) is 0 Å². The molecular weight excluding hydrogens is 434 g/mol. The van der Waals surface area contributed by atoms with E-state index < -0.39 is 23.8 Å². The predicted molar refractivity (Wildman–Crippen MR) is 119 cm³/mol. The van der Waals surface area contributed by atoms with Gasteiger partial charge in [-0.3, -0.25) is 4.90 Å². The molecule has 0 radical (unpaired) electrons. The van der Waals surface area contributed by atoms with Gasteiger partial charge in [-0.25, -0.2) is 0 Å². The minimum atomic E-state index is -0.681. The Morgan fingerprint density at radius 3 is 1.61 bits per heavy atom. The molecule has 1 N–H and O–H groups in total. The van der Waals surface area contributed by atoms with E-state index in [-0.39, 0.29) is 18.8 Å². The maximum atomic E-state index is 9.14. The Morgan fingerprint density at radius 1 is 0.727 bits per heavy atom. The lowest BCUT2D eigenvalue weighted by Crippen LogP contribution is -2.51. The van der Waals surface area contributed by atoms with E-state index >= 15 is 0 Å². The molecule has 4 unspecified atom stereocenters. The van der Waals surface area contributed by atoms with Crippen molar-refractivity contribution >= 4 is 0 Å². The molecule has 0 aromatic heterocycles. The van der Waals surface area contributed by atoms with Gasteiger partial charge in [0.1, 0.15) is 24.4 Å². The Labute approximate surface area is 197 Å². The first kappa shape index (κ1) is 27.2. The molecular formula is C23H43NO9. The number of nitrogens with zero attached hydrogens (tertiary/aromatic N) is 1. The van der Waals surface area contributed by atoms with Crippen molar-refractivity contribution in [3.05, 3.63) is 0 Å². The SMILES string of the molecule is CC1(C)OCC(C2OCCOCCN(CCCO)CCOCCOC2C2COC(C)(C)O2)O1. The standard InChI is InChI=1S/C23H43NO9/c1-22(2)30-16-18(32-22)20-21(19-17-31-23(3,4)33-19)29-15-13-27-11-8-24(6-5-9-25)7-10-26-12-14-28-20/h18-21,25H,5-17H2,1-4H3. The van der Waals surface area contributed by atoms with Crippen molar-refractivity contribution in [2.75, 3.05) is 79.1 Å². The van der Waals surface area contributed by atoms with E-state index in [1.54, 1.807) is 0 Å². The highest BCUT2D eigenvalue weighted by atomic mass is 16.8. The molecule has 4 atom stereocenters. The van der Waals surface area contributed by atoms with Crippen LogP contribution in [0.3, 0.4) is 0 Å². The largest absolute Gasteiger partial charge is 0.396 e. The molecule has 10 nitrogen and oxygen atoms in total. The van der Waals surface area contributed by atoms with E-state index in [4.69, 9.17) is 43.0 Å². The summed E-state index contributed by atoms with van der Waals surface area (Å²) >= 11 is 0. The third-order valence-electron chi connectivity index (χ3n) is 5.93. The summed E-state index contributed by atoms with van der Waals surface area (Å²) in [6.45, 7) is 13.8. The van der Waals surface area contributed by atoms with Crippen molar-refractivity contribution < 1.29 is 43.0 Å². The monoisotopic (exact) mass is 477 g/mol. The molecule has 0 saturated carbocycles. The van der Waals surface area contributed by atoms with Gasteiger partial charge in [0.15, 0.2) is 11.6 Å². The lowest BCUT2D eigenvalue weighted by Gasteiger charge is -2.34. The Hall–Kier alpha value is -0.400. The number of hydrogen-bond acceptors (Lipinski definition) is 10. The van der Waals surface area contributed by atoms with E-state index in [2.05, 4.69) is 4.90 Å². The van der Waals surface area contributed by atoms with Crippen LogP contribution < -0.4 is 0 Å². The molecule has 3 saturated heterocycles. The summed E-state index contributed by atoms with van der Waals surface area (Å²) in [5.41, 5.74) is 0. The van der Waals surface area contributed by atoms with Crippen LogP contribution in [-0.2, 0) is 37.9 Å². The maximum Gasteiger partial charge on any atom is 0.163 e. The van der Waals surface area contributed by atoms with E-state index in [0.29, 0.717) is 52.9 Å². The van der Waals surface area contributed by atoms with Crippen molar-refractivity contribution in [2.45, 2.75) is 70.1 Å². The number of hydrogen-bond donors (Lipinski definition) is 1. The number of aliphatic hydroxyl groups excluding tert-OH is 1. The fourth-order valence-corrected chi connectivity index (χ4v) is 4.29. The summed E-state index contributed by atoms with van der Waals surface area (Å²) in [5, 5.41) is 9.14. The van der Waals surface area contributed by atoms with E-state index in [0.717, 1.165) is 26.1 Å². The highest BCUT2D eigenvalue weighted by Gasteiger charge is 2.48. The minimum Gasteiger partial charge on any atom is -0.396 e. The van der Waals surface area contributed by atoms with Gasteiger partial charge in [0.05, 0.1) is 52.9 Å². The molecule has 0 bridgehead atoms. The fraction of sp³-hybridized carbons (Fsp3) is 1.00. The predicted octanol–water partition coefficient (Wildman–Crippen LogP) is 0.791. The zero-order valence-corrected chi connectivity index (χ0v) is 20.7. The molecule has 3 aliphatic heterocycles. The zero-order valence-electron chi connectivity index (χ0n) is 20.7. The molecule has 0 aromatic carbocycles. The van der Waals surface area contributed by atoms with Gasteiger partial charge in [0.2, 0.25) is 0 Å². The molecule has 33 heavy (non-hydrogen) atoms. The van der Waals surface area contributed by atoms with Gasteiger partial charge in [-0.15, -0.1) is 0 Å². The Kier molecular flexibility index (Phi) is 10.8. The smallest absolute Gasteiger partial charge is 0.163 e. The second-order valence-corrected chi connectivity index (χ2v) is 9.55. The highest BCUT2D eigenvalue weighted by Crippen LogP contribution is 2.32. The van der Waals surface area contributed by atoms with Gasteiger partial charge in [0, 0.05) is 26.2 Å². The molecule has 3 fully saturated rings. The van der Waals surface area contributed by atoms with Crippen LogP contribution in [0, 0.1) is 0 Å². The minimum absolute atomic E-state index is 0.177. The average Bonchev–Trinajstić information content (AvgIpc) is 3.30. The molecule has 3 heterocycles. The molecule has 0 spiro atoms. The van der Waals surface area contributed by atoms with Crippen molar-refractivity contribution in [3.63, 3.8) is 0 Å². The molecule has 10 heteroatoms. The molecule has 0 aromatic rings. The van der Waals surface area contributed by atoms with E-state index in [1.807, 2.05) is 27.7 Å². The first-order chi connectivity index (χ1) is 15.8. The van der Waals surface area contributed by atoms with Gasteiger partial charge in [-0.2, -0.15) is 0 Å². The molecule has 194 valence electrons. The van der Waals surface area contributed by atoms with Gasteiger partial charge >= 0.3 is 0 Å². The Bertz CT molecular complexity index is 518. The van der Waals surface area contributed by atoms with E-state index in [9.17, 15) is 0 Å². The Morgan fingerprint density at radius 2 is 1.21 bits per heavy atom. The summed E-state index contributed by atoms with van der Waals surface area (Å²) in [5.74, 6) is -1.36. The van der Waals surface area contributed by atoms with Crippen molar-refractivity contribution in [2.24, 2.45) is 0 Å². The second kappa shape index (κ2) is 13.1. The van der Waals surface area contributed by atoms with Gasteiger partial charge in [-0.05, 0) is 34.1 Å². The molecule has 3 aliphatic rings. The first-order valence-electron chi connectivity index (χ1n) is 12.2. The number of rotatable bonds is 5. The topological polar surface area (TPSA) is 97.3 Å². The third kappa shape index (κ3) is 8.96. The summed E-state index contributed by atoms with van der Waals surface area (Å²) in [6, 6.07) is 0. The summed E-state index contributed by atoms with van der Waals surface area (Å²) < 4.78 is 48.2. The highest BCUT2D eigenvalue weighted by molar-refractivity contribution is 4.91. The van der Waals surface area contributed by atoms with Crippen molar-refractivity contribution in [1.82, 2.24) is 4.90 Å². The normalized spacial score (nSPS) is 35.2. The van der Waals surface area contributed by atoms with Crippen LogP contribution in [-0.4, -0.2) is 125 Å². The molecule has 0 amide bonds. The van der Waals surface area contributed by atoms with Gasteiger partial charge in [0.25, 0.3) is 0 Å². The second-order valence-electron chi connectivity index (χ2n) is 9.55. The van der Waals surface area contributed by atoms with Crippen molar-refractivity contribution in [3.8, 4) is 0 Å². The van der Waals surface area contributed by atoms with E-state index in [1.165, 1.54) is 0 Å². The average molecular weight is 478 g/mol. The zero-order chi connectivity index (χ0) is 23.7. The lowest BCUT2D eigenvalue weighted by molar-refractivity contribution is -0.207. The first-order valence-corrected chi connectivity index (χ1v) is 12.2. The maximum absolute atomic E-state index is 9.14. The summed E-state index contributed by atoms with van der Waals surface area (Å²) in [4.78, 5) is 2.24. The van der Waals surface area contributed by atoms with Crippen LogP contribution in [0.25, 0.3) is 0 Å². The number of aliphatic hydroxyl groups is 1.